The molecule has 0 unspecified atom stereocenters. The molecule has 2 rings (SSSR count). The highest BCUT2D eigenvalue weighted by molar-refractivity contribution is 5.83. The van der Waals surface area contributed by atoms with Crippen LogP contribution in [0.1, 0.15) is 44.9 Å². The van der Waals surface area contributed by atoms with Crippen molar-refractivity contribution in [1.82, 2.24) is 9.80 Å². The molecule has 2 heterocycles. The monoisotopic (exact) mass is 296 g/mol. The second-order valence-corrected chi connectivity index (χ2v) is 6.30. The van der Waals surface area contributed by atoms with Crippen molar-refractivity contribution in [3.05, 3.63) is 0 Å². The van der Waals surface area contributed by atoms with E-state index in [1.807, 2.05) is 11.9 Å². The lowest BCUT2D eigenvalue weighted by molar-refractivity contribution is -0.136. The normalized spacial score (nSPS) is 22.9. The standard InChI is InChI=1S/C16H28N2O3/c1-17(12-14-8-11-21-13-14)15(19)6-7-16(20)18-9-4-2-3-5-10-18/h14H,2-13H2,1H3/t14-/m1/s1. The summed E-state index contributed by atoms with van der Waals surface area (Å²) in [4.78, 5) is 28.0. The molecule has 0 aromatic rings. The molecule has 2 saturated heterocycles. The Labute approximate surface area is 127 Å². The predicted octanol–water partition coefficient (Wildman–Crippen LogP) is 1.66. The van der Waals surface area contributed by atoms with E-state index < -0.39 is 0 Å². The highest BCUT2D eigenvalue weighted by atomic mass is 16.5. The Morgan fingerprint density at radius 2 is 1.86 bits per heavy atom. The number of carbonyl (C=O) groups excluding carboxylic acids is 2. The van der Waals surface area contributed by atoms with E-state index >= 15 is 0 Å². The van der Waals surface area contributed by atoms with E-state index in [0.717, 1.165) is 52.1 Å². The van der Waals surface area contributed by atoms with Crippen molar-refractivity contribution in [1.29, 1.82) is 0 Å². The highest BCUT2D eigenvalue weighted by Gasteiger charge is 2.21. The SMILES string of the molecule is CN(C[C@H]1CCOC1)C(=O)CCC(=O)N1CCCCCC1. The molecule has 2 aliphatic rings. The van der Waals surface area contributed by atoms with E-state index in [4.69, 9.17) is 4.74 Å². The quantitative estimate of drug-likeness (QED) is 0.775. The van der Waals surface area contributed by atoms with Crippen molar-refractivity contribution in [2.75, 3.05) is 39.9 Å². The number of rotatable bonds is 5. The number of carbonyl (C=O) groups is 2. The topological polar surface area (TPSA) is 49.9 Å². The van der Waals surface area contributed by atoms with Crippen LogP contribution in [0, 0.1) is 5.92 Å². The summed E-state index contributed by atoms with van der Waals surface area (Å²) in [5.41, 5.74) is 0. The van der Waals surface area contributed by atoms with E-state index in [-0.39, 0.29) is 11.8 Å². The van der Waals surface area contributed by atoms with Crippen LogP contribution >= 0.6 is 0 Å². The van der Waals surface area contributed by atoms with E-state index in [0.29, 0.717) is 18.8 Å². The summed E-state index contributed by atoms with van der Waals surface area (Å²) >= 11 is 0. The van der Waals surface area contributed by atoms with Crippen LogP contribution in [0.5, 0.6) is 0 Å². The van der Waals surface area contributed by atoms with Crippen LogP contribution in [0.3, 0.4) is 0 Å². The Morgan fingerprint density at radius 3 is 2.48 bits per heavy atom. The molecule has 1 atom stereocenters. The molecular formula is C16H28N2O3. The summed E-state index contributed by atoms with van der Waals surface area (Å²) in [5.74, 6) is 0.674. The molecule has 0 aromatic heterocycles. The molecule has 0 aromatic carbocycles. The van der Waals surface area contributed by atoms with Gasteiger partial charge in [-0.15, -0.1) is 0 Å². The van der Waals surface area contributed by atoms with Crippen LogP contribution in [-0.4, -0.2) is 61.5 Å². The van der Waals surface area contributed by atoms with Gasteiger partial charge in [0.25, 0.3) is 0 Å². The van der Waals surface area contributed by atoms with Crippen LogP contribution < -0.4 is 0 Å². The molecule has 0 N–H and O–H groups in total. The summed E-state index contributed by atoms with van der Waals surface area (Å²) in [7, 11) is 1.83. The molecular weight excluding hydrogens is 268 g/mol. The van der Waals surface area contributed by atoms with Crippen molar-refractivity contribution >= 4 is 11.8 Å². The third-order valence-corrected chi connectivity index (χ3v) is 4.49. The van der Waals surface area contributed by atoms with Crippen molar-refractivity contribution in [3.63, 3.8) is 0 Å². The van der Waals surface area contributed by atoms with Crippen LogP contribution in [0.15, 0.2) is 0 Å². The lowest BCUT2D eigenvalue weighted by Crippen LogP contribution is -2.35. The number of nitrogens with zero attached hydrogens (tertiary/aromatic N) is 2. The predicted molar refractivity (Wildman–Crippen MR) is 80.8 cm³/mol. The molecule has 5 nitrogen and oxygen atoms in total. The molecule has 0 radical (unpaired) electrons. The van der Waals surface area contributed by atoms with Crippen molar-refractivity contribution in [2.24, 2.45) is 5.92 Å². The first-order chi connectivity index (χ1) is 10.2. The van der Waals surface area contributed by atoms with Gasteiger partial charge in [0.15, 0.2) is 0 Å². The number of likely N-dealkylation sites (tertiary alicyclic amines) is 1. The molecule has 120 valence electrons. The maximum atomic E-state index is 12.2. The van der Waals surface area contributed by atoms with Crippen molar-refractivity contribution < 1.29 is 14.3 Å². The first-order valence-electron chi connectivity index (χ1n) is 8.26. The zero-order chi connectivity index (χ0) is 15.1. The van der Waals surface area contributed by atoms with E-state index in [9.17, 15) is 9.59 Å². The van der Waals surface area contributed by atoms with E-state index in [1.54, 1.807) is 4.90 Å². The minimum absolute atomic E-state index is 0.0741. The third kappa shape index (κ3) is 5.30. The minimum Gasteiger partial charge on any atom is -0.381 e. The zero-order valence-corrected chi connectivity index (χ0v) is 13.2. The fourth-order valence-corrected chi connectivity index (χ4v) is 3.10. The van der Waals surface area contributed by atoms with E-state index in [2.05, 4.69) is 0 Å². The summed E-state index contributed by atoms with van der Waals surface area (Å²) in [6, 6.07) is 0. The Kier molecular flexibility index (Phi) is 6.49. The second-order valence-electron chi connectivity index (χ2n) is 6.30. The fourth-order valence-electron chi connectivity index (χ4n) is 3.10. The van der Waals surface area contributed by atoms with Gasteiger partial charge in [-0.1, -0.05) is 12.8 Å². The number of ether oxygens (including phenoxy) is 1. The van der Waals surface area contributed by atoms with Gasteiger partial charge in [-0.05, 0) is 19.3 Å². The van der Waals surface area contributed by atoms with Gasteiger partial charge in [0.2, 0.25) is 11.8 Å². The molecule has 0 spiro atoms. The Balaban J connectivity index is 1.68. The Morgan fingerprint density at radius 1 is 1.14 bits per heavy atom. The smallest absolute Gasteiger partial charge is 0.223 e. The molecule has 2 fully saturated rings. The Bertz CT molecular complexity index is 345. The van der Waals surface area contributed by atoms with Gasteiger partial charge < -0.3 is 14.5 Å². The van der Waals surface area contributed by atoms with Crippen LogP contribution in [-0.2, 0) is 14.3 Å². The van der Waals surface area contributed by atoms with Crippen LogP contribution in [0.25, 0.3) is 0 Å². The van der Waals surface area contributed by atoms with Crippen molar-refractivity contribution in [2.45, 2.75) is 44.9 Å². The van der Waals surface area contributed by atoms with Gasteiger partial charge in [-0.2, -0.15) is 0 Å². The lowest BCUT2D eigenvalue weighted by atomic mass is 10.1. The fraction of sp³-hybridized carbons (Fsp3) is 0.875. The molecule has 0 saturated carbocycles. The maximum absolute atomic E-state index is 12.2. The number of amides is 2. The minimum atomic E-state index is 0.0741. The van der Waals surface area contributed by atoms with E-state index in [1.165, 1.54) is 12.8 Å². The largest absolute Gasteiger partial charge is 0.381 e. The summed E-state index contributed by atoms with van der Waals surface area (Å²) in [5, 5.41) is 0. The average Bonchev–Trinajstić information content (AvgIpc) is 2.83. The molecule has 0 bridgehead atoms. The number of hydrogen-bond acceptors (Lipinski definition) is 3. The first kappa shape index (κ1) is 16.3. The molecule has 2 aliphatic heterocycles. The molecule has 5 heteroatoms. The Hall–Kier alpha value is -1.10. The molecule has 21 heavy (non-hydrogen) atoms. The van der Waals surface area contributed by atoms with Gasteiger partial charge in [0, 0.05) is 52.0 Å². The van der Waals surface area contributed by atoms with Gasteiger partial charge in [0.1, 0.15) is 0 Å². The highest BCUT2D eigenvalue weighted by Crippen LogP contribution is 2.15. The second kappa shape index (κ2) is 8.37. The first-order valence-corrected chi connectivity index (χ1v) is 8.26. The summed E-state index contributed by atoms with van der Waals surface area (Å²) in [6.45, 7) is 4.03. The zero-order valence-electron chi connectivity index (χ0n) is 13.2. The van der Waals surface area contributed by atoms with Gasteiger partial charge in [-0.3, -0.25) is 9.59 Å². The van der Waals surface area contributed by atoms with Crippen molar-refractivity contribution in [3.8, 4) is 0 Å². The average molecular weight is 296 g/mol. The maximum Gasteiger partial charge on any atom is 0.223 e. The van der Waals surface area contributed by atoms with Gasteiger partial charge in [0.05, 0.1) is 6.61 Å². The lowest BCUT2D eigenvalue weighted by Gasteiger charge is -2.22. The van der Waals surface area contributed by atoms with Gasteiger partial charge >= 0.3 is 0 Å². The molecule has 0 aliphatic carbocycles. The third-order valence-electron chi connectivity index (χ3n) is 4.49. The summed E-state index contributed by atoms with van der Waals surface area (Å²) < 4.78 is 5.33. The number of hydrogen-bond donors (Lipinski definition) is 0. The summed E-state index contributed by atoms with van der Waals surface area (Å²) in [6.07, 6.45) is 6.35. The van der Waals surface area contributed by atoms with Crippen LogP contribution in [0.2, 0.25) is 0 Å². The van der Waals surface area contributed by atoms with Crippen LogP contribution in [0.4, 0.5) is 0 Å². The van der Waals surface area contributed by atoms with Gasteiger partial charge in [-0.25, -0.2) is 0 Å². The molecule has 2 amide bonds.